The van der Waals surface area contributed by atoms with Crippen LogP contribution in [0.5, 0.6) is 11.5 Å². The van der Waals surface area contributed by atoms with Crippen LogP contribution in [0.3, 0.4) is 0 Å². The highest BCUT2D eigenvalue weighted by molar-refractivity contribution is 5.94. The van der Waals surface area contributed by atoms with Crippen LogP contribution in [0.4, 0.5) is 0 Å². The van der Waals surface area contributed by atoms with Gasteiger partial charge in [0.25, 0.3) is 5.91 Å². The highest BCUT2D eigenvalue weighted by atomic mass is 16.5. The fourth-order valence-corrected chi connectivity index (χ4v) is 4.24. The lowest BCUT2D eigenvalue weighted by Crippen LogP contribution is -2.45. The van der Waals surface area contributed by atoms with Gasteiger partial charge in [0.05, 0.1) is 0 Å². The van der Waals surface area contributed by atoms with E-state index in [1.54, 1.807) is 0 Å². The number of carbonyl (C=O) groups is 1. The Bertz CT molecular complexity index is 795. The van der Waals surface area contributed by atoms with Gasteiger partial charge in [-0.2, -0.15) is 0 Å². The summed E-state index contributed by atoms with van der Waals surface area (Å²) in [5.74, 6) is 1.92. The zero-order valence-electron chi connectivity index (χ0n) is 17.8. The van der Waals surface area contributed by atoms with Crippen molar-refractivity contribution in [3.8, 4) is 11.5 Å². The molecule has 5 heteroatoms. The van der Waals surface area contributed by atoms with Gasteiger partial charge in [-0.05, 0) is 69.0 Å². The summed E-state index contributed by atoms with van der Waals surface area (Å²) in [5, 5.41) is 0. The third-order valence-electron chi connectivity index (χ3n) is 6.13. The number of nitrogens with zero attached hydrogens (tertiary/aromatic N) is 2. The lowest BCUT2D eigenvalue weighted by Gasteiger charge is -2.35. The van der Waals surface area contributed by atoms with E-state index in [1.165, 1.54) is 0 Å². The second-order valence-corrected chi connectivity index (χ2v) is 8.35. The molecule has 2 aliphatic heterocycles. The van der Waals surface area contributed by atoms with Crippen molar-refractivity contribution < 1.29 is 14.3 Å². The van der Waals surface area contributed by atoms with Gasteiger partial charge in [-0.25, -0.2) is 0 Å². The van der Waals surface area contributed by atoms with Crippen molar-refractivity contribution in [1.82, 2.24) is 9.80 Å². The molecule has 2 aromatic rings. The maximum atomic E-state index is 12.5. The second kappa shape index (κ2) is 9.98. The van der Waals surface area contributed by atoms with E-state index in [9.17, 15) is 4.79 Å². The van der Waals surface area contributed by atoms with E-state index in [1.807, 2.05) is 59.5 Å². The molecule has 160 valence electrons. The maximum Gasteiger partial charge on any atom is 0.253 e. The quantitative estimate of drug-likeness (QED) is 0.687. The van der Waals surface area contributed by atoms with Gasteiger partial charge in [0.1, 0.15) is 24.2 Å². The number of amides is 1. The van der Waals surface area contributed by atoms with Crippen LogP contribution in [0.1, 0.15) is 43.0 Å². The third kappa shape index (κ3) is 5.33. The average molecular weight is 409 g/mol. The number of para-hydroxylation sites is 1. The molecule has 0 aliphatic carbocycles. The summed E-state index contributed by atoms with van der Waals surface area (Å²) >= 11 is 0. The lowest BCUT2D eigenvalue weighted by atomic mass is 10.1. The Kier molecular flexibility index (Phi) is 6.90. The van der Waals surface area contributed by atoms with E-state index in [4.69, 9.17) is 9.47 Å². The van der Waals surface area contributed by atoms with Gasteiger partial charge in [-0.3, -0.25) is 9.69 Å². The Balaban J connectivity index is 1.21. The highest BCUT2D eigenvalue weighted by Crippen LogP contribution is 2.22. The third-order valence-corrected chi connectivity index (χ3v) is 6.13. The molecule has 0 radical (unpaired) electrons. The predicted octanol–water partition coefficient (Wildman–Crippen LogP) is 4.23. The molecule has 4 rings (SSSR count). The Labute approximate surface area is 179 Å². The minimum Gasteiger partial charge on any atom is -0.492 e. The summed E-state index contributed by atoms with van der Waals surface area (Å²) in [6, 6.07) is 18.0. The number of hydrogen-bond acceptors (Lipinski definition) is 4. The predicted molar refractivity (Wildman–Crippen MR) is 118 cm³/mol. The molecule has 2 fully saturated rings. The van der Waals surface area contributed by atoms with Crippen LogP contribution in [0.2, 0.25) is 0 Å². The van der Waals surface area contributed by atoms with Crippen LogP contribution in [0, 0.1) is 0 Å². The minimum absolute atomic E-state index is 0.138. The molecule has 30 heavy (non-hydrogen) atoms. The van der Waals surface area contributed by atoms with Crippen molar-refractivity contribution in [2.45, 2.75) is 44.8 Å². The molecule has 0 unspecified atom stereocenters. The van der Waals surface area contributed by atoms with E-state index in [0.29, 0.717) is 12.6 Å². The number of rotatable bonds is 7. The average Bonchev–Trinajstić information content (AvgIpc) is 3.34. The first-order valence-corrected chi connectivity index (χ1v) is 11.2. The second-order valence-electron chi connectivity index (χ2n) is 8.35. The molecule has 1 amide bonds. The van der Waals surface area contributed by atoms with Crippen molar-refractivity contribution in [2.75, 3.05) is 32.8 Å². The molecule has 0 bridgehead atoms. The van der Waals surface area contributed by atoms with Gasteiger partial charge in [-0.1, -0.05) is 18.2 Å². The van der Waals surface area contributed by atoms with Crippen LogP contribution >= 0.6 is 0 Å². The zero-order chi connectivity index (χ0) is 20.8. The molecule has 1 atom stereocenters. The Morgan fingerprint density at radius 2 is 1.60 bits per heavy atom. The minimum atomic E-state index is 0.138. The van der Waals surface area contributed by atoms with Crippen LogP contribution in [-0.4, -0.2) is 60.6 Å². The summed E-state index contributed by atoms with van der Waals surface area (Å²) in [6.45, 7) is 6.70. The Morgan fingerprint density at radius 3 is 2.27 bits per heavy atom. The van der Waals surface area contributed by atoms with E-state index in [0.717, 1.165) is 68.9 Å². The molecular formula is C25H32N2O3. The highest BCUT2D eigenvalue weighted by Gasteiger charge is 2.24. The van der Waals surface area contributed by atoms with Gasteiger partial charge >= 0.3 is 0 Å². The van der Waals surface area contributed by atoms with Crippen molar-refractivity contribution in [3.63, 3.8) is 0 Å². The summed E-state index contributed by atoms with van der Waals surface area (Å²) < 4.78 is 12.1. The van der Waals surface area contributed by atoms with Gasteiger partial charge in [-0.15, -0.1) is 0 Å². The van der Waals surface area contributed by atoms with Gasteiger partial charge < -0.3 is 14.4 Å². The largest absolute Gasteiger partial charge is 0.492 e. The van der Waals surface area contributed by atoms with Gasteiger partial charge in [0.15, 0.2) is 0 Å². The molecular weight excluding hydrogens is 376 g/mol. The number of benzene rings is 2. The molecule has 0 aromatic heterocycles. The van der Waals surface area contributed by atoms with E-state index >= 15 is 0 Å². The monoisotopic (exact) mass is 408 g/mol. The fraction of sp³-hybridized carbons (Fsp3) is 0.480. The van der Waals surface area contributed by atoms with Crippen LogP contribution < -0.4 is 9.47 Å². The topological polar surface area (TPSA) is 42.0 Å². The van der Waals surface area contributed by atoms with Crippen molar-refractivity contribution in [3.05, 3.63) is 60.2 Å². The van der Waals surface area contributed by atoms with Crippen molar-refractivity contribution >= 4 is 5.91 Å². The molecule has 0 saturated carbocycles. The Morgan fingerprint density at radius 1 is 0.933 bits per heavy atom. The lowest BCUT2D eigenvalue weighted by molar-refractivity contribution is 0.0637. The number of carbonyl (C=O) groups excluding carboxylic acids is 1. The number of likely N-dealkylation sites (tertiary alicyclic amines) is 2. The molecule has 0 N–H and O–H groups in total. The first kappa shape index (κ1) is 20.7. The summed E-state index contributed by atoms with van der Waals surface area (Å²) in [4.78, 5) is 16.9. The Hall–Kier alpha value is -2.53. The molecule has 2 saturated heterocycles. The van der Waals surface area contributed by atoms with Crippen LogP contribution in [-0.2, 0) is 0 Å². The zero-order valence-corrected chi connectivity index (χ0v) is 17.8. The van der Waals surface area contributed by atoms with Crippen molar-refractivity contribution in [1.29, 1.82) is 0 Å². The SMILES string of the molecule is C[C@@H](COc1ccccc1)N1CCC(Oc2ccc(C(=O)N3CCCC3)cc2)CC1. The van der Waals surface area contributed by atoms with Crippen molar-refractivity contribution in [2.24, 2.45) is 0 Å². The molecule has 2 aromatic carbocycles. The number of piperidine rings is 1. The maximum absolute atomic E-state index is 12.5. The molecule has 0 spiro atoms. The standard InChI is InChI=1S/C25H32N2O3/c1-20(19-29-22-7-3-2-4-8-22)26-17-13-24(14-18-26)30-23-11-9-21(10-12-23)25(28)27-15-5-6-16-27/h2-4,7-12,20,24H,5-6,13-19H2,1H3/t20-/m0/s1. The van der Waals surface area contributed by atoms with Gasteiger partial charge in [0, 0.05) is 37.8 Å². The van der Waals surface area contributed by atoms with E-state index in [2.05, 4.69) is 11.8 Å². The summed E-state index contributed by atoms with van der Waals surface area (Å²) in [5.41, 5.74) is 0.756. The molecule has 2 aliphatic rings. The summed E-state index contributed by atoms with van der Waals surface area (Å²) in [7, 11) is 0. The smallest absolute Gasteiger partial charge is 0.253 e. The van der Waals surface area contributed by atoms with E-state index in [-0.39, 0.29) is 12.0 Å². The molecule has 5 nitrogen and oxygen atoms in total. The fourth-order valence-electron chi connectivity index (χ4n) is 4.24. The van der Waals surface area contributed by atoms with E-state index < -0.39 is 0 Å². The number of ether oxygens (including phenoxy) is 2. The van der Waals surface area contributed by atoms with Gasteiger partial charge in [0.2, 0.25) is 0 Å². The van der Waals surface area contributed by atoms with Crippen LogP contribution in [0.15, 0.2) is 54.6 Å². The van der Waals surface area contributed by atoms with Crippen LogP contribution in [0.25, 0.3) is 0 Å². The first-order chi connectivity index (χ1) is 14.7. The summed E-state index contributed by atoms with van der Waals surface area (Å²) in [6.07, 6.45) is 4.46. The number of hydrogen-bond donors (Lipinski definition) is 0. The first-order valence-electron chi connectivity index (χ1n) is 11.2. The normalized spacial score (nSPS) is 18.9. The molecule has 2 heterocycles.